The number of sulfone groups is 1. The van der Waals surface area contributed by atoms with Crippen LogP contribution in [0, 0.1) is 11.3 Å². The van der Waals surface area contributed by atoms with Gasteiger partial charge in [0.1, 0.15) is 17.4 Å². The smallest absolute Gasteiger partial charge is 0.270 e. The molecule has 0 aliphatic carbocycles. The molecule has 2 aromatic rings. The summed E-state index contributed by atoms with van der Waals surface area (Å²) in [4.78, 5) is 19.2. The van der Waals surface area contributed by atoms with Gasteiger partial charge in [-0.2, -0.15) is 5.26 Å². The number of ether oxygens (including phenoxy) is 1. The lowest BCUT2D eigenvalue weighted by molar-refractivity contribution is 0.415. The molecule has 7 nitrogen and oxygen atoms in total. The summed E-state index contributed by atoms with van der Waals surface area (Å²) in [6, 6.07) is 8.75. The van der Waals surface area contributed by atoms with Gasteiger partial charge in [-0.1, -0.05) is 11.8 Å². The molecule has 25 heavy (non-hydrogen) atoms. The molecular weight excluding hydrogens is 362 g/mol. The Hall–Kier alpha value is -2.31. The molecule has 1 aliphatic rings. The first-order valence-electron chi connectivity index (χ1n) is 7.48. The summed E-state index contributed by atoms with van der Waals surface area (Å²) < 4.78 is 28.3. The lowest BCUT2D eigenvalue weighted by Gasteiger charge is -2.09. The largest absolute Gasteiger partial charge is 0.497 e. The fraction of sp³-hybridized carbons (Fsp3) is 0.312. The highest BCUT2D eigenvalue weighted by atomic mass is 32.2. The van der Waals surface area contributed by atoms with E-state index in [-0.39, 0.29) is 28.0 Å². The lowest BCUT2D eigenvalue weighted by Crippen LogP contribution is -2.16. The third kappa shape index (κ3) is 3.86. The molecule has 0 spiro atoms. The number of hydrogen-bond acceptors (Lipinski definition) is 7. The fourth-order valence-corrected chi connectivity index (χ4v) is 6.02. The first kappa shape index (κ1) is 17.5. The van der Waals surface area contributed by atoms with Crippen LogP contribution < -0.4 is 10.3 Å². The minimum atomic E-state index is -3.02. The number of aromatic amines is 1. The van der Waals surface area contributed by atoms with Crippen LogP contribution in [0.3, 0.4) is 0 Å². The maximum absolute atomic E-state index is 12.2. The summed E-state index contributed by atoms with van der Waals surface area (Å²) in [5.74, 6) is 0.869. The zero-order chi connectivity index (χ0) is 18.0. The maximum Gasteiger partial charge on any atom is 0.270 e. The van der Waals surface area contributed by atoms with Gasteiger partial charge in [0.2, 0.25) is 0 Å². The van der Waals surface area contributed by atoms with E-state index in [9.17, 15) is 18.5 Å². The standard InChI is InChI=1S/C16H15N3O4S2/c1-23-11-4-2-10(3-5-11)14-13(8-17)15(20)19-16(18-14)24-12-6-7-25(21,22)9-12/h2-5,12H,6-7,9H2,1H3,(H,18,19,20). The molecule has 1 unspecified atom stereocenters. The number of nitriles is 1. The molecule has 1 aromatic carbocycles. The summed E-state index contributed by atoms with van der Waals surface area (Å²) in [5, 5.41) is 9.45. The van der Waals surface area contributed by atoms with Crippen LogP contribution in [0.1, 0.15) is 12.0 Å². The molecule has 2 heterocycles. The molecule has 1 saturated heterocycles. The SMILES string of the molecule is COc1ccc(-c2nc(SC3CCS(=O)(=O)C3)[nH]c(=O)c2C#N)cc1. The average Bonchev–Trinajstić information content (AvgIpc) is 2.93. The van der Waals surface area contributed by atoms with Crippen molar-refractivity contribution in [2.45, 2.75) is 16.8 Å². The quantitative estimate of drug-likeness (QED) is 0.805. The van der Waals surface area contributed by atoms with Crippen molar-refractivity contribution in [3.63, 3.8) is 0 Å². The summed E-state index contributed by atoms with van der Waals surface area (Å²) in [6.07, 6.45) is 0.522. The number of nitrogens with one attached hydrogen (secondary N) is 1. The number of hydrogen-bond donors (Lipinski definition) is 1. The molecule has 9 heteroatoms. The number of aromatic nitrogens is 2. The number of thioether (sulfide) groups is 1. The van der Waals surface area contributed by atoms with Crippen LogP contribution in [0.4, 0.5) is 0 Å². The summed E-state index contributed by atoms with van der Waals surface area (Å²) >= 11 is 1.22. The molecule has 1 atom stereocenters. The van der Waals surface area contributed by atoms with Crippen molar-refractivity contribution in [1.82, 2.24) is 9.97 Å². The van der Waals surface area contributed by atoms with E-state index >= 15 is 0 Å². The van der Waals surface area contributed by atoms with Crippen molar-refractivity contribution < 1.29 is 13.2 Å². The molecule has 0 radical (unpaired) electrons. The highest BCUT2D eigenvalue weighted by Crippen LogP contribution is 2.30. The zero-order valence-electron chi connectivity index (χ0n) is 13.4. The average molecular weight is 377 g/mol. The second kappa shape index (κ2) is 6.90. The number of nitrogens with zero attached hydrogens (tertiary/aromatic N) is 2. The maximum atomic E-state index is 12.2. The monoisotopic (exact) mass is 377 g/mol. The summed E-state index contributed by atoms with van der Waals surface area (Å²) in [5.41, 5.74) is 0.279. The van der Waals surface area contributed by atoms with Crippen LogP contribution in [0.15, 0.2) is 34.2 Å². The Morgan fingerprint density at radius 1 is 1.36 bits per heavy atom. The van der Waals surface area contributed by atoms with Crippen LogP contribution in [0.5, 0.6) is 5.75 Å². The highest BCUT2D eigenvalue weighted by Gasteiger charge is 2.29. The van der Waals surface area contributed by atoms with Gasteiger partial charge in [-0.05, 0) is 30.7 Å². The van der Waals surface area contributed by atoms with Gasteiger partial charge in [0.15, 0.2) is 15.0 Å². The predicted molar refractivity (Wildman–Crippen MR) is 94.5 cm³/mol. The fourth-order valence-electron chi connectivity index (χ4n) is 2.58. The zero-order valence-corrected chi connectivity index (χ0v) is 15.0. The minimum Gasteiger partial charge on any atom is -0.497 e. The van der Waals surface area contributed by atoms with E-state index < -0.39 is 15.4 Å². The number of rotatable bonds is 4. The Morgan fingerprint density at radius 3 is 2.64 bits per heavy atom. The summed E-state index contributed by atoms with van der Waals surface area (Å²) in [6.45, 7) is 0. The molecule has 1 fully saturated rings. The Bertz CT molecular complexity index is 992. The van der Waals surface area contributed by atoms with E-state index in [1.54, 1.807) is 31.4 Å². The van der Waals surface area contributed by atoms with Gasteiger partial charge in [0.25, 0.3) is 5.56 Å². The van der Waals surface area contributed by atoms with Gasteiger partial charge in [-0.15, -0.1) is 0 Å². The van der Waals surface area contributed by atoms with Gasteiger partial charge in [0.05, 0.1) is 24.3 Å². The van der Waals surface area contributed by atoms with E-state index in [1.807, 2.05) is 6.07 Å². The molecule has 3 rings (SSSR count). The van der Waals surface area contributed by atoms with Crippen molar-refractivity contribution in [3.05, 3.63) is 40.2 Å². The number of methoxy groups -OCH3 is 1. The van der Waals surface area contributed by atoms with Gasteiger partial charge in [-0.3, -0.25) is 4.79 Å². The van der Waals surface area contributed by atoms with E-state index in [1.165, 1.54) is 11.8 Å². The van der Waals surface area contributed by atoms with Crippen LogP contribution >= 0.6 is 11.8 Å². The molecule has 1 N–H and O–H groups in total. The van der Waals surface area contributed by atoms with Gasteiger partial charge >= 0.3 is 0 Å². The number of H-pyrrole nitrogens is 1. The molecular formula is C16H15N3O4S2. The molecule has 0 amide bonds. The molecule has 1 aliphatic heterocycles. The Labute approximate surface area is 149 Å². The Balaban J connectivity index is 1.98. The third-order valence-corrected chi connectivity index (χ3v) is 6.97. The summed E-state index contributed by atoms with van der Waals surface area (Å²) in [7, 11) is -1.47. The second-order valence-electron chi connectivity index (χ2n) is 5.58. The topological polar surface area (TPSA) is 113 Å². The predicted octanol–water partition coefficient (Wildman–Crippen LogP) is 1.60. The lowest BCUT2D eigenvalue weighted by atomic mass is 10.1. The van der Waals surface area contributed by atoms with Crippen molar-refractivity contribution >= 4 is 21.6 Å². The molecule has 0 saturated carbocycles. The second-order valence-corrected chi connectivity index (χ2v) is 9.10. The molecule has 130 valence electrons. The van der Waals surface area contributed by atoms with Crippen molar-refractivity contribution in [1.29, 1.82) is 5.26 Å². The van der Waals surface area contributed by atoms with Crippen molar-refractivity contribution in [3.8, 4) is 23.1 Å². The molecule has 1 aromatic heterocycles. The Kier molecular flexibility index (Phi) is 4.83. The first-order chi connectivity index (χ1) is 11.9. The first-order valence-corrected chi connectivity index (χ1v) is 10.2. The third-order valence-electron chi connectivity index (χ3n) is 3.84. The van der Waals surface area contributed by atoms with Gasteiger partial charge < -0.3 is 9.72 Å². The van der Waals surface area contributed by atoms with E-state index in [0.717, 1.165) is 0 Å². The van der Waals surface area contributed by atoms with Crippen molar-refractivity contribution in [2.24, 2.45) is 0 Å². The van der Waals surface area contributed by atoms with Gasteiger partial charge in [0, 0.05) is 10.8 Å². The van der Waals surface area contributed by atoms with Crippen LogP contribution in [-0.2, 0) is 9.84 Å². The van der Waals surface area contributed by atoms with Crippen molar-refractivity contribution in [2.75, 3.05) is 18.6 Å². The van der Waals surface area contributed by atoms with E-state index in [0.29, 0.717) is 22.9 Å². The van der Waals surface area contributed by atoms with E-state index in [2.05, 4.69) is 9.97 Å². The minimum absolute atomic E-state index is 0.0687. The number of benzene rings is 1. The van der Waals surface area contributed by atoms with Gasteiger partial charge in [-0.25, -0.2) is 13.4 Å². The van der Waals surface area contributed by atoms with Crippen LogP contribution in [-0.4, -0.2) is 42.3 Å². The highest BCUT2D eigenvalue weighted by molar-refractivity contribution is 8.01. The normalized spacial score (nSPS) is 18.6. The Morgan fingerprint density at radius 2 is 2.08 bits per heavy atom. The molecule has 0 bridgehead atoms. The van der Waals surface area contributed by atoms with E-state index in [4.69, 9.17) is 4.74 Å². The van der Waals surface area contributed by atoms with Crippen LogP contribution in [0.2, 0.25) is 0 Å². The van der Waals surface area contributed by atoms with Crippen LogP contribution in [0.25, 0.3) is 11.3 Å².